The third-order valence-corrected chi connectivity index (χ3v) is 6.41. The number of nitrogen functional groups attached to an aromatic ring is 1. The van der Waals surface area contributed by atoms with Crippen LogP contribution in [0, 0.1) is 5.82 Å². The number of nitrogens with one attached hydrogen (secondary N) is 1. The molecule has 0 radical (unpaired) electrons. The third kappa shape index (κ3) is 3.64. The summed E-state index contributed by atoms with van der Waals surface area (Å²) in [6, 6.07) is 8.36. The lowest BCUT2D eigenvalue weighted by atomic mass is 10.0. The first-order chi connectivity index (χ1) is 14.7. The second kappa shape index (κ2) is 7.71. The zero-order valence-corrected chi connectivity index (χ0v) is 18.0. The van der Waals surface area contributed by atoms with Gasteiger partial charge in [0.1, 0.15) is 23.5 Å². The molecule has 0 saturated carbocycles. The molecule has 0 aliphatic rings. The zero-order chi connectivity index (χ0) is 22.3. The number of anilines is 2. The molecule has 8 nitrogen and oxygen atoms in total. The van der Waals surface area contributed by atoms with Crippen LogP contribution in [0.1, 0.15) is 0 Å². The van der Waals surface area contributed by atoms with Gasteiger partial charge in [-0.05, 0) is 24.3 Å². The number of ether oxygens (including phenoxy) is 1. The summed E-state index contributed by atoms with van der Waals surface area (Å²) in [4.78, 5) is 8.02. The highest BCUT2D eigenvalue weighted by Crippen LogP contribution is 2.36. The molecule has 4 aromatic rings. The first-order valence-corrected chi connectivity index (χ1v) is 10.8. The van der Waals surface area contributed by atoms with E-state index in [2.05, 4.69) is 14.7 Å². The fourth-order valence-corrected chi connectivity index (χ4v) is 4.68. The van der Waals surface area contributed by atoms with Crippen molar-refractivity contribution in [1.82, 2.24) is 14.5 Å². The molecule has 0 saturated heterocycles. The van der Waals surface area contributed by atoms with E-state index in [4.69, 9.17) is 22.1 Å². The van der Waals surface area contributed by atoms with Gasteiger partial charge in [0.05, 0.1) is 28.1 Å². The number of fused-ring (bicyclic) bond motifs is 1. The van der Waals surface area contributed by atoms with Crippen molar-refractivity contribution in [3.63, 3.8) is 0 Å². The Labute approximate surface area is 182 Å². The van der Waals surface area contributed by atoms with Crippen molar-refractivity contribution in [3.05, 3.63) is 59.8 Å². The normalized spacial score (nSPS) is 11.6. The predicted molar refractivity (Wildman–Crippen MR) is 117 cm³/mol. The van der Waals surface area contributed by atoms with Gasteiger partial charge in [0.25, 0.3) is 10.0 Å². The van der Waals surface area contributed by atoms with Crippen molar-refractivity contribution < 1.29 is 17.5 Å². The molecule has 0 spiro atoms. The van der Waals surface area contributed by atoms with Crippen molar-refractivity contribution in [1.29, 1.82) is 0 Å². The van der Waals surface area contributed by atoms with Crippen LogP contribution in [0.3, 0.4) is 0 Å². The number of methoxy groups -OCH3 is 1. The number of sulfonamides is 1. The molecule has 2 aromatic carbocycles. The molecule has 160 valence electrons. The van der Waals surface area contributed by atoms with Crippen molar-refractivity contribution in [3.8, 4) is 16.9 Å². The zero-order valence-electron chi connectivity index (χ0n) is 16.4. The monoisotopic (exact) mass is 461 g/mol. The fraction of sp³-hybridized carbons (Fsp3) is 0.100. The number of nitrogens with two attached hydrogens (primary N) is 1. The second-order valence-corrected chi connectivity index (χ2v) is 8.77. The Hall–Kier alpha value is -3.37. The maximum atomic E-state index is 15.4. The van der Waals surface area contributed by atoms with Gasteiger partial charge in [0.15, 0.2) is 5.82 Å². The molecule has 0 amide bonds. The molecule has 2 heterocycles. The summed E-state index contributed by atoms with van der Waals surface area (Å²) in [6.45, 7) is 0. The van der Waals surface area contributed by atoms with Crippen LogP contribution in [0.15, 0.2) is 53.8 Å². The molecule has 0 aliphatic heterocycles. The molecule has 2 aromatic heterocycles. The molecule has 0 atom stereocenters. The second-order valence-electron chi connectivity index (χ2n) is 6.68. The summed E-state index contributed by atoms with van der Waals surface area (Å²) < 4.78 is 50.0. The van der Waals surface area contributed by atoms with Crippen LogP contribution >= 0.6 is 11.6 Å². The highest BCUT2D eigenvalue weighted by molar-refractivity contribution is 7.92. The fourth-order valence-electron chi connectivity index (χ4n) is 3.28. The first kappa shape index (κ1) is 20.9. The Bertz CT molecular complexity index is 1420. The summed E-state index contributed by atoms with van der Waals surface area (Å²) in [5.41, 5.74) is 6.89. The minimum absolute atomic E-state index is 0.117. The molecular weight excluding hydrogens is 445 g/mol. The van der Waals surface area contributed by atoms with Gasteiger partial charge in [-0.2, -0.15) is 0 Å². The van der Waals surface area contributed by atoms with Gasteiger partial charge in [-0.25, -0.2) is 22.8 Å². The maximum Gasteiger partial charge on any atom is 0.262 e. The van der Waals surface area contributed by atoms with Gasteiger partial charge in [0, 0.05) is 24.4 Å². The molecule has 11 heteroatoms. The summed E-state index contributed by atoms with van der Waals surface area (Å²) in [5, 5.41) is 0.594. The number of benzene rings is 2. The summed E-state index contributed by atoms with van der Waals surface area (Å²) in [5.74, 6) is -0.246. The van der Waals surface area contributed by atoms with Crippen molar-refractivity contribution in [2.24, 2.45) is 7.05 Å². The van der Waals surface area contributed by atoms with Crippen LogP contribution in [0.4, 0.5) is 15.9 Å². The molecule has 0 unspecified atom stereocenters. The van der Waals surface area contributed by atoms with E-state index in [0.29, 0.717) is 22.3 Å². The molecule has 3 N–H and O–H groups in total. The lowest BCUT2D eigenvalue weighted by Crippen LogP contribution is -2.14. The Kier molecular flexibility index (Phi) is 5.19. The Morgan fingerprint density at radius 2 is 1.97 bits per heavy atom. The standard InChI is InChI=1S/C20H17ClFN5O3S/c1-27-9-13(17-19(23)24-10-25-20(17)27)12-4-3-5-15(18(12)22)26-31(28,29)11-6-7-16(30-2)14(21)8-11/h3-10,26H,1-2H3,(H2,23,24,25). The number of nitrogens with zero attached hydrogens (tertiary/aromatic N) is 3. The van der Waals surface area contributed by atoms with Gasteiger partial charge in [-0.3, -0.25) is 4.72 Å². The number of hydrogen-bond donors (Lipinski definition) is 2. The smallest absolute Gasteiger partial charge is 0.262 e. The number of rotatable bonds is 5. The van der Waals surface area contributed by atoms with Gasteiger partial charge in [-0.1, -0.05) is 23.7 Å². The van der Waals surface area contributed by atoms with Crippen LogP contribution in [-0.4, -0.2) is 30.1 Å². The minimum atomic E-state index is -4.11. The summed E-state index contributed by atoms with van der Waals surface area (Å²) in [6.07, 6.45) is 2.98. The van der Waals surface area contributed by atoms with E-state index in [0.717, 1.165) is 0 Å². The molecule has 31 heavy (non-hydrogen) atoms. The average Bonchev–Trinajstić information content (AvgIpc) is 3.07. The quantitative estimate of drug-likeness (QED) is 0.467. The summed E-state index contributed by atoms with van der Waals surface area (Å²) >= 11 is 6.03. The predicted octanol–water partition coefficient (Wildman–Crippen LogP) is 3.82. The van der Waals surface area contributed by atoms with Crippen LogP contribution in [-0.2, 0) is 17.1 Å². The number of halogens is 2. The largest absolute Gasteiger partial charge is 0.495 e. The van der Waals surface area contributed by atoms with Gasteiger partial charge >= 0.3 is 0 Å². The van der Waals surface area contributed by atoms with E-state index in [1.165, 1.54) is 49.8 Å². The number of aromatic nitrogens is 3. The lowest BCUT2D eigenvalue weighted by molar-refractivity contribution is 0.414. The van der Waals surface area contributed by atoms with E-state index in [1.807, 2.05) is 0 Å². The highest BCUT2D eigenvalue weighted by Gasteiger charge is 2.22. The first-order valence-electron chi connectivity index (χ1n) is 8.93. The van der Waals surface area contributed by atoms with Crippen molar-refractivity contribution in [2.75, 3.05) is 17.6 Å². The topological polar surface area (TPSA) is 112 Å². The van der Waals surface area contributed by atoms with Crippen molar-refractivity contribution in [2.45, 2.75) is 4.90 Å². The Balaban J connectivity index is 1.78. The maximum absolute atomic E-state index is 15.4. The van der Waals surface area contributed by atoms with Crippen LogP contribution in [0.5, 0.6) is 5.75 Å². The van der Waals surface area contributed by atoms with Crippen LogP contribution < -0.4 is 15.2 Å². The van der Waals surface area contributed by atoms with Crippen LogP contribution in [0.2, 0.25) is 5.02 Å². The molecule has 4 rings (SSSR count). The number of hydrogen-bond acceptors (Lipinski definition) is 6. The van der Waals surface area contributed by atoms with Crippen LogP contribution in [0.25, 0.3) is 22.2 Å². The Morgan fingerprint density at radius 1 is 1.19 bits per heavy atom. The third-order valence-electron chi connectivity index (χ3n) is 4.75. The van der Waals surface area contributed by atoms with Gasteiger partial charge in [-0.15, -0.1) is 0 Å². The average molecular weight is 462 g/mol. The van der Waals surface area contributed by atoms with Gasteiger partial charge < -0.3 is 15.0 Å². The van der Waals surface area contributed by atoms with E-state index < -0.39 is 15.8 Å². The SMILES string of the molecule is COc1ccc(S(=O)(=O)Nc2cccc(-c3cn(C)c4ncnc(N)c34)c2F)cc1Cl. The molecular formula is C20H17ClFN5O3S. The molecule has 0 bridgehead atoms. The van der Waals surface area contributed by atoms with E-state index in [-0.39, 0.29) is 27.0 Å². The van der Waals surface area contributed by atoms with Gasteiger partial charge in [0.2, 0.25) is 0 Å². The highest BCUT2D eigenvalue weighted by atomic mass is 35.5. The van der Waals surface area contributed by atoms with Crippen molar-refractivity contribution >= 4 is 44.2 Å². The summed E-state index contributed by atoms with van der Waals surface area (Å²) in [7, 11) is -0.950. The van der Waals surface area contributed by atoms with E-state index in [1.54, 1.807) is 17.8 Å². The molecule has 0 aliphatic carbocycles. The molecule has 0 fully saturated rings. The van der Waals surface area contributed by atoms with E-state index in [9.17, 15) is 8.42 Å². The lowest BCUT2D eigenvalue weighted by Gasteiger charge is -2.12. The Morgan fingerprint density at radius 3 is 2.68 bits per heavy atom. The number of aryl methyl sites for hydroxylation is 1. The minimum Gasteiger partial charge on any atom is -0.495 e. The van der Waals surface area contributed by atoms with E-state index >= 15 is 4.39 Å².